The standard InChI is InChI=1S/C16H13Cl2NO4/c17-10-1-2-13(11(7-10)16(19)20)23-8-9-5-12(18)15-14(6-9)21-3-4-22-15/h1-2,5-7H,3-4,8H2,(H2,19,20). The van der Waals surface area contributed by atoms with Crippen molar-refractivity contribution in [1.29, 1.82) is 0 Å². The number of primary amides is 1. The number of fused-ring (bicyclic) bond motifs is 1. The number of halogens is 2. The van der Waals surface area contributed by atoms with E-state index in [0.717, 1.165) is 5.56 Å². The minimum absolute atomic E-state index is 0.193. The van der Waals surface area contributed by atoms with Crippen molar-refractivity contribution in [1.82, 2.24) is 0 Å². The lowest BCUT2D eigenvalue weighted by Crippen LogP contribution is -2.16. The van der Waals surface area contributed by atoms with Crippen molar-refractivity contribution in [2.45, 2.75) is 6.61 Å². The van der Waals surface area contributed by atoms with Gasteiger partial charge in [-0.3, -0.25) is 4.79 Å². The first-order valence-electron chi connectivity index (χ1n) is 6.85. The van der Waals surface area contributed by atoms with Crippen LogP contribution >= 0.6 is 23.2 Å². The smallest absolute Gasteiger partial charge is 0.252 e. The molecule has 0 fully saturated rings. The van der Waals surface area contributed by atoms with Crippen LogP contribution in [0.3, 0.4) is 0 Å². The maximum atomic E-state index is 11.5. The van der Waals surface area contributed by atoms with Crippen LogP contribution in [0.2, 0.25) is 10.0 Å². The van der Waals surface area contributed by atoms with Gasteiger partial charge in [0.2, 0.25) is 0 Å². The number of carbonyl (C=O) groups is 1. The van der Waals surface area contributed by atoms with Crippen molar-refractivity contribution in [2.75, 3.05) is 13.2 Å². The monoisotopic (exact) mass is 353 g/mol. The van der Waals surface area contributed by atoms with Crippen LogP contribution in [0.5, 0.6) is 17.2 Å². The van der Waals surface area contributed by atoms with Crippen LogP contribution in [0.1, 0.15) is 15.9 Å². The summed E-state index contributed by atoms with van der Waals surface area (Å²) in [6.45, 7) is 1.13. The first-order valence-corrected chi connectivity index (χ1v) is 7.60. The van der Waals surface area contributed by atoms with E-state index in [1.165, 1.54) is 6.07 Å². The van der Waals surface area contributed by atoms with Crippen LogP contribution < -0.4 is 19.9 Å². The molecule has 2 aromatic rings. The second kappa shape index (κ2) is 6.56. The van der Waals surface area contributed by atoms with E-state index in [2.05, 4.69) is 0 Å². The SMILES string of the molecule is NC(=O)c1cc(Cl)ccc1OCc1cc(Cl)c2c(c1)OCCO2. The van der Waals surface area contributed by atoms with Gasteiger partial charge >= 0.3 is 0 Å². The summed E-state index contributed by atoms with van der Waals surface area (Å²) in [6, 6.07) is 8.22. The van der Waals surface area contributed by atoms with Gasteiger partial charge in [0, 0.05) is 5.02 Å². The van der Waals surface area contributed by atoms with Crippen molar-refractivity contribution < 1.29 is 19.0 Å². The van der Waals surface area contributed by atoms with E-state index in [-0.39, 0.29) is 12.2 Å². The minimum atomic E-state index is -0.609. The van der Waals surface area contributed by atoms with Gasteiger partial charge in [-0.05, 0) is 35.9 Å². The second-order valence-corrected chi connectivity index (χ2v) is 5.74. The molecule has 2 N–H and O–H groups in total. The largest absolute Gasteiger partial charge is 0.488 e. The maximum Gasteiger partial charge on any atom is 0.252 e. The highest BCUT2D eigenvalue weighted by Crippen LogP contribution is 2.38. The summed E-state index contributed by atoms with van der Waals surface area (Å²) in [5, 5.41) is 0.862. The quantitative estimate of drug-likeness (QED) is 0.913. The summed E-state index contributed by atoms with van der Waals surface area (Å²) < 4.78 is 16.7. The second-order valence-electron chi connectivity index (χ2n) is 4.90. The molecule has 0 aliphatic carbocycles. The van der Waals surface area contributed by atoms with E-state index in [1.807, 2.05) is 0 Å². The third kappa shape index (κ3) is 3.46. The zero-order chi connectivity index (χ0) is 16.4. The highest BCUT2D eigenvalue weighted by Gasteiger charge is 2.17. The number of nitrogens with two attached hydrogens (primary N) is 1. The van der Waals surface area contributed by atoms with Crippen LogP contribution in [0.15, 0.2) is 30.3 Å². The average Bonchev–Trinajstić information content (AvgIpc) is 2.53. The van der Waals surface area contributed by atoms with E-state index in [0.29, 0.717) is 40.5 Å². The van der Waals surface area contributed by atoms with E-state index in [9.17, 15) is 4.79 Å². The van der Waals surface area contributed by atoms with Crippen LogP contribution in [0.4, 0.5) is 0 Å². The Bertz CT molecular complexity index is 764. The highest BCUT2D eigenvalue weighted by atomic mass is 35.5. The zero-order valence-electron chi connectivity index (χ0n) is 12.0. The Balaban J connectivity index is 1.81. The van der Waals surface area contributed by atoms with E-state index < -0.39 is 5.91 Å². The molecule has 0 saturated carbocycles. The third-order valence-electron chi connectivity index (χ3n) is 3.26. The van der Waals surface area contributed by atoms with Crippen LogP contribution in [0, 0.1) is 0 Å². The molecule has 0 bridgehead atoms. The number of amides is 1. The molecule has 1 aliphatic rings. The Kier molecular flexibility index (Phi) is 4.50. The van der Waals surface area contributed by atoms with Gasteiger partial charge in [-0.2, -0.15) is 0 Å². The van der Waals surface area contributed by atoms with Gasteiger partial charge in [-0.15, -0.1) is 0 Å². The topological polar surface area (TPSA) is 70.8 Å². The van der Waals surface area contributed by atoms with Crippen LogP contribution in [0.25, 0.3) is 0 Å². The van der Waals surface area contributed by atoms with Gasteiger partial charge in [0.25, 0.3) is 5.91 Å². The number of carbonyl (C=O) groups excluding carboxylic acids is 1. The van der Waals surface area contributed by atoms with Gasteiger partial charge in [0.05, 0.1) is 10.6 Å². The Morgan fingerprint density at radius 3 is 2.74 bits per heavy atom. The summed E-state index contributed by atoms with van der Waals surface area (Å²) in [6.07, 6.45) is 0. The molecule has 5 nitrogen and oxygen atoms in total. The molecule has 3 rings (SSSR count). The first-order chi connectivity index (χ1) is 11.0. The van der Waals surface area contributed by atoms with Gasteiger partial charge in [-0.25, -0.2) is 0 Å². The molecule has 1 aliphatic heterocycles. The molecular weight excluding hydrogens is 341 g/mol. The molecule has 1 amide bonds. The molecule has 0 aromatic heterocycles. The van der Waals surface area contributed by atoms with Crippen LogP contribution in [-0.2, 0) is 6.61 Å². The molecule has 0 atom stereocenters. The lowest BCUT2D eigenvalue weighted by molar-refractivity contribution is 0.0996. The molecule has 2 aromatic carbocycles. The van der Waals surface area contributed by atoms with Gasteiger partial charge in [0.15, 0.2) is 11.5 Å². The van der Waals surface area contributed by atoms with Gasteiger partial charge in [-0.1, -0.05) is 23.2 Å². The van der Waals surface area contributed by atoms with Crippen LogP contribution in [-0.4, -0.2) is 19.1 Å². The van der Waals surface area contributed by atoms with Crippen molar-refractivity contribution in [3.8, 4) is 17.2 Å². The molecule has 1 heterocycles. The summed E-state index contributed by atoms with van der Waals surface area (Å²) in [5.41, 5.74) is 6.34. The van der Waals surface area contributed by atoms with Gasteiger partial charge < -0.3 is 19.9 Å². The summed E-state index contributed by atoms with van der Waals surface area (Å²) in [5.74, 6) is 0.857. The lowest BCUT2D eigenvalue weighted by Gasteiger charge is -2.20. The predicted molar refractivity (Wildman–Crippen MR) is 86.7 cm³/mol. The summed E-state index contributed by atoms with van der Waals surface area (Å²) in [7, 11) is 0. The lowest BCUT2D eigenvalue weighted by atomic mass is 10.2. The predicted octanol–water partition coefficient (Wildman–Crippen LogP) is 3.44. The number of hydrogen-bond acceptors (Lipinski definition) is 4. The highest BCUT2D eigenvalue weighted by molar-refractivity contribution is 6.32. The Morgan fingerprint density at radius 2 is 1.96 bits per heavy atom. The van der Waals surface area contributed by atoms with Crippen molar-refractivity contribution in [2.24, 2.45) is 5.73 Å². The fourth-order valence-electron chi connectivity index (χ4n) is 2.23. The molecular formula is C16H13Cl2NO4. The Hall–Kier alpha value is -2.11. The first kappa shape index (κ1) is 15.8. The number of hydrogen-bond donors (Lipinski definition) is 1. The molecule has 0 unspecified atom stereocenters. The maximum absolute atomic E-state index is 11.5. The number of ether oxygens (including phenoxy) is 3. The normalized spacial score (nSPS) is 12.8. The number of benzene rings is 2. The molecule has 23 heavy (non-hydrogen) atoms. The fraction of sp³-hybridized carbons (Fsp3) is 0.188. The van der Waals surface area contributed by atoms with Crippen molar-refractivity contribution in [3.05, 3.63) is 51.5 Å². The molecule has 0 radical (unpaired) electrons. The van der Waals surface area contributed by atoms with Crippen molar-refractivity contribution >= 4 is 29.1 Å². The van der Waals surface area contributed by atoms with E-state index in [1.54, 1.807) is 24.3 Å². The molecule has 7 heteroatoms. The zero-order valence-corrected chi connectivity index (χ0v) is 13.5. The average molecular weight is 354 g/mol. The van der Waals surface area contributed by atoms with E-state index in [4.69, 9.17) is 43.1 Å². The molecule has 0 spiro atoms. The minimum Gasteiger partial charge on any atom is -0.488 e. The fourth-order valence-corrected chi connectivity index (χ4v) is 2.69. The van der Waals surface area contributed by atoms with Gasteiger partial charge in [0.1, 0.15) is 25.6 Å². The summed E-state index contributed by atoms with van der Waals surface area (Å²) in [4.78, 5) is 11.5. The Morgan fingerprint density at radius 1 is 1.17 bits per heavy atom. The van der Waals surface area contributed by atoms with E-state index >= 15 is 0 Å². The molecule has 0 saturated heterocycles. The third-order valence-corrected chi connectivity index (χ3v) is 3.77. The molecule has 120 valence electrons. The summed E-state index contributed by atoms with van der Waals surface area (Å²) >= 11 is 12.0. The number of rotatable bonds is 4. The van der Waals surface area contributed by atoms with Crippen molar-refractivity contribution in [3.63, 3.8) is 0 Å². The Labute approximate surface area is 142 Å².